The van der Waals surface area contributed by atoms with Crippen LogP contribution in [0.25, 0.3) is 0 Å². The van der Waals surface area contributed by atoms with Crippen LogP contribution in [-0.4, -0.2) is 30.5 Å². The number of aromatic nitrogens is 1. The molecule has 0 aromatic carbocycles. The molecular formula is C13H16N4OS. The number of hydrogen-bond acceptors (Lipinski definition) is 6. The molecule has 2 aromatic heterocycles. The molecule has 5 nitrogen and oxygen atoms in total. The Bertz CT molecular complexity index is 568. The molecule has 0 amide bonds. The molecule has 0 aliphatic carbocycles. The third-order valence-corrected chi connectivity index (χ3v) is 3.76. The molecule has 100 valence electrons. The number of rotatable bonds is 5. The van der Waals surface area contributed by atoms with Crippen LogP contribution < -0.4 is 5.32 Å². The summed E-state index contributed by atoms with van der Waals surface area (Å²) in [6.45, 7) is 2.39. The van der Waals surface area contributed by atoms with E-state index in [1.807, 2.05) is 26.2 Å². The van der Waals surface area contributed by atoms with Crippen molar-refractivity contribution in [2.75, 3.05) is 26.0 Å². The van der Waals surface area contributed by atoms with Gasteiger partial charge in [-0.25, -0.2) is 4.98 Å². The Labute approximate surface area is 116 Å². The van der Waals surface area contributed by atoms with Crippen LogP contribution >= 0.6 is 11.3 Å². The van der Waals surface area contributed by atoms with Crippen molar-refractivity contribution < 1.29 is 4.42 Å². The normalized spacial score (nSPS) is 12.4. The summed E-state index contributed by atoms with van der Waals surface area (Å²) in [6, 6.07) is 6.40. The van der Waals surface area contributed by atoms with E-state index in [1.54, 1.807) is 18.3 Å². The molecule has 0 bridgehead atoms. The number of oxazole rings is 1. The molecule has 0 spiro atoms. The predicted molar refractivity (Wildman–Crippen MR) is 75.2 cm³/mol. The zero-order valence-corrected chi connectivity index (χ0v) is 12.0. The first-order valence-corrected chi connectivity index (χ1v) is 6.81. The van der Waals surface area contributed by atoms with Crippen molar-refractivity contribution in [2.24, 2.45) is 0 Å². The SMILES string of the molecule is Cc1nc(C#N)c(NC[C@@H](c2cccs2)N(C)C)o1. The van der Waals surface area contributed by atoms with Crippen molar-refractivity contribution in [2.45, 2.75) is 13.0 Å². The minimum Gasteiger partial charge on any atom is -0.424 e. The number of thiophene rings is 1. The molecule has 0 saturated heterocycles. The zero-order chi connectivity index (χ0) is 13.8. The molecule has 0 aliphatic heterocycles. The van der Waals surface area contributed by atoms with Crippen LogP contribution in [-0.2, 0) is 0 Å². The summed E-state index contributed by atoms with van der Waals surface area (Å²) in [5.41, 5.74) is 0.307. The highest BCUT2D eigenvalue weighted by molar-refractivity contribution is 7.10. The fraction of sp³-hybridized carbons (Fsp3) is 0.385. The second-order valence-corrected chi connectivity index (χ2v) is 5.38. The number of nitriles is 1. The Morgan fingerprint density at radius 3 is 2.95 bits per heavy atom. The van der Waals surface area contributed by atoms with E-state index in [9.17, 15) is 0 Å². The third-order valence-electron chi connectivity index (χ3n) is 2.79. The Hall–Kier alpha value is -1.84. The van der Waals surface area contributed by atoms with Crippen LogP contribution in [0.3, 0.4) is 0 Å². The molecule has 1 atom stereocenters. The fourth-order valence-corrected chi connectivity index (χ4v) is 2.75. The standard InChI is InChI=1S/C13H16N4OS/c1-9-16-10(7-14)13(18-9)15-8-11(17(2)3)12-5-4-6-19-12/h4-6,11,15H,8H2,1-3H3/t11-/m0/s1. The number of anilines is 1. The van der Waals surface area contributed by atoms with Crippen molar-refractivity contribution in [3.05, 3.63) is 34.0 Å². The van der Waals surface area contributed by atoms with E-state index < -0.39 is 0 Å². The van der Waals surface area contributed by atoms with Crippen molar-refractivity contribution in [1.29, 1.82) is 5.26 Å². The molecule has 0 saturated carbocycles. The summed E-state index contributed by atoms with van der Waals surface area (Å²) in [5, 5.41) is 14.2. The van der Waals surface area contributed by atoms with E-state index in [4.69, 9.17) is 9.68 Å². The number of nitrogens with zero attached hydrogens (tertiary/aromatic N) is 3. The van der Waals surface area contributed by atoms with Gasteiger partial charge in [-0.3, -0.25) is 0 Å². The van der Waals surface area contributed by atoms with E-state index in [-0.39, 0.29) is 6.04 Å². The molecule has 0 radical (unpaired) electrons. The van der Waals surface area contributed by atoms with Gasteiger partial charge >= 0.3 is 0 Å². The second kappa shape index (κ2) is 5.87. The summed E-state index contributed by atoms with van der Waals surface area (Å²) in [4.78, 5) is 7.42. The van der Waals surface area contributed by atoms with E-state index >= 15 is 0 Å². The molecule has 0 aliphatic rings. The monoisotopic (exact) mass is 276 g/mol. The van der Waals surface area contributed by atoms with E-state index in [1.165, 1.54) is 4.88 Å². The van der Waals surface area contributed by atoms with E-state index in [0.29, 0.717) is 24.0 Å². The smallest absolute Gasteiger partial charge is 0.232 e. The van der Waals surface area contributed by atoms with Gasteiger partial charge in [-0.1, -0.05) is 6.07 Å². The van der Waals surface area contributed by atoms with Gasteiger partial charge in [0.05, 0.1) is 6.04 Å². The molecule has 0 unspecified atom stereocenters. The lowest BCUT2D eigenvalue weighted by Gasteiger charge is -2.23. The highest BCUT2D eigenvalue weighted by Gasteiger charge is 2.17. The second-order valence-electron chi connectivity index (χ2n) is 4.40. The molecule has 6 heteroatoms. The molecule has 2 rings (SSSR count). The molecule has 1 N–H and O–H groups in total. The van der Waals surface area contributed by atoms with Crippen LogP contribution in [0.4, 0.5) is 5.88 Å². The summed E-state index contributed by atoms with van der Waals surface area (Å²) in [7, 11) is 4.06. The maximum absolute atomic E-state index is 8.97. The number of likely N-dealkylation sites (N-methyl/N-ethyl adjacent to an activating group) is 1. The zero-order valence-electron chi connectivity index (χ0n) is 11.2. The maximum atomic E-state index is 8.97. The van der Waals surface area contributed by atoms with Gasteiger partial charge in [0, 0.05) is 18.3 Å². The molecule has 0 fully saturated rings. The summed E-state index contributed by atoms with van der Waals surface area (Å²) in [6.07, 6.45) is 0. The van der Waals surface area contributed by atoms with Crippen molar-refractivity contribution in [1.82, 2.24) is 9.88 Å². The van der Waals surface area contributed by atoms with Gasteiger partial charge in [0.1, 0.15) is 6.07 Å². The summed E-state index contributed by atoms with van der Waals surface area (Å²) in [5.74, 6) is 0.944. The molecule has 2 heterocycles. The van der Waals surface area contributed by atoms with E-state index in [0.717, 1.165) is 0 Å². The lowest BCUT2D eigenvalue weighted by Crippen LogP contribution is -2.26. The van der Waals surface area contributed by atoms with Crippen LogP contribution in [0.2, 0.25) is 0 Å². The first kappa shape index (κ1) is 13.6. The maximum Gasteiger partial charge on any atom is 0.232 e. The molecule has 19 heavy (non-hydrogen) atoms. The van der Waals surface area contributed by atoms with Crippen LogP contribution in [0, 0.1) is 18.3 Å². The predicted octanol–water partition coefficient (Wildman–Crippen LogP) is 2.63. The summed E-state index contributed by atoms with van der Waals surface area (Å²) >= 11 is 1.72. The summed E-state index contributed by atoms with van der Waals surface area (Å²) < 4.78 is 5.39. The average molecular weight is 276 g/mol. The van der Waals surface area contributed by atoms with E-state index in [2.05, 4.69) is 26.6 Å². The minimum absolute atomic E-state index is 0.233. The number of hydrogen-bond donors (Lipinski definition) is 1. The Morgan fingerprint density at radius 1 is 1.58 bits per heavy atom. The number of aryl methyl sites for hydroxylation is 1. The van der Waals surface area contributed by atoms with Gasteiger partial charge in [0.25, 0.3) is 0 Å². The minimum atomic E-state index is 0.233. The lowest BCUT2D eigenvalue weighted by atomic mass is 10.2. The first-order valence-electron chi connectivity index (χ1n) is 5.93. The topological polar surface area (TPSA) is 65.1 Å². The van der Waals surface area contributed by atoms with Crippen molar-refractivity contribution in [3.8, 4) is 6.07 Å². The van der Waals surface area contributed by atoms with Crippen LogP contribution in [0.5, 0.6) is 0 Å². The van der Waals surface area contributed by atoms with Crippen LogP contribution in [0.1, 0.15) is 22.5 Å². The van der Waals surface area contributed by atoms with Gasteiger partial charge in [0.2, 0.25) is 11.6 Å². The third kappa shape index (κ3) is 3.13. The Morgan fingerprint density at radius 2 is 2.37 bits per heavy atom. The molecule has 2 aromatic rings. The first-order chi connectivity index (χ1) is 9.11. The van der Waals surface area contributed by atoms with Crippen molar-refractivity contribution >= 4 is 17.2 Å². The lowest BCUT2D eigenvalue weighted by molar-refractivity contribution is 0.314. The fourth-order valence-electron chi connectivity index (χ4n) is 1.83. The van der Waals surface area contributed by atoms with Crippen molar-refractivity contribution in [3.63, 3.8) is 0 Å². The van der Waals surface area contributed by atoms with Gasteiger partial charge < -0.3 is 14.6 Å². The van der Waals surface area contributed by atoms with Gasteiger partial charge in [0.15, 0.2) is 5.89 Å². The average Bonchev–Trinajstić information content (AvgIpc) is 2.98. The van der Waals surface area contributed by atoms with Gasteiger partial charge in [-0.15, -0.1) is 11.3 Å². The highest BCUT2D eigenvalue weighted by Crippen LogP contribution is 2.24. The number of nitrogens with one attached hydrogen (secondary N) is 1. The quantitative estimate of drug-likeness (QED) is 0.909. The largest absolute Gasteiger partial charge is 0.424 e. The molecular weight excluding hydrogens is 260 g/mol. The van der Waals surface area contributed by atoms with Crippen LogP contribution in [0.15, 0.2) is 21.9 Å². The Balaban J connectivity index is 2.09. The van der Waals surface area contributed by atoms with Gasteiger partial charge in [-0.05, 0) is 25.5 Å². The highest BCUT2D eigenvalue weighted by atomic mass is 32.1. The Kier molecular flexibility index (Phi) is 4.20. The van der Waals surface area contributed by atoms with Gasteiger partial charge in [-0.2, -0.15) is 5.26 Å².